The largest absolute Gasteiger partial charge is 0.460 e. The predicted octanol–water partition coefficient (Wildman–Crippen LogP) is 9.50. The van der Waals surface area contributed by atoms with Gasteiger partial charge in [0.25, 0.3) is 0 Å². The van der Waals surface area contributed by atoms with Crippen LogP contribution in [0.5, 0.6) is 0 Å². The minimum Gasteiger partial charge on any atom is -0.460 e. The molecule has 0 aromatic rings. The highest BCUT2D eigenvalue weighted by molar-refractivity contribution is 5.69. The molecule has 3 fully saturated rings. The van der Waals surface area contributed by atoms with Crippen LogP contribution in [0, 0.1) is 29.1 Å². The fraction of sp³-hybridized carbons (Fsp3) is 0.800. The maximum Gasteiger partial charge on any atom is 0.306 e. The van der Waals surface area contributed by atoms with E-state index in [-0.39, 0.29) is 12.1 Å². The van der Waals surface area contributed by atoms with Crippen LogP contribution < -0.4 is 0 Å². The molecule has 0 unspecified atom stereocenters. The van der Waals surface area contributed by atoms with Crippen LogP contribution in [0.2, 0.25) is 0 Å². The smallest absolute Gasteiger partial charge is 0.306 e. The van der Waals surface area contributed by atoms with Gasteiger partial charge in [-0.15, -0.1) is 0 Å². The van der Waals surface area contributed by atoms with Crippen molar-refractivity contribution in [2.75, 3.05) is 0 Å². The Kier molecular flexibility index (Phi) is 11.3. The van der Waals surface area contributed by atoms with Crippen molar-refractivity contribution in [2.24, 2.45) is 29.1 Å². The number of carbonyl (C=O) groups excluding carboxylic acids is 1. The van der Waals surface area contributed by atoms with Crippen LogP contribution in [-0.2, 0) is 9.53 Å². The van der Waals surface area contributed by atoms with E-state index in [1.54, 1.807) is 5.57 Å². The van der Waals surface area contributed by atoms with E-state index in [0.717, 1.165) is 55.8 Å². The van der Waals surface area contributed by atoms with Crippen LogP contribution in [0.3, 0.4) is 0 Å². The quantitative estimate of drug-likeness (QED) is 0.228. The van der Waals surface area contributed by atoms with E-state index >= 15 is 0 Å². The summed E-state index contributed by atoms with van der Waals surface area (Å²) < 4.78 is 5.45. The van der Waals surface area contributed by atoms with Crippen molar-refractivity contribution in [1.82, 2.24) is 0 Å². The molecule has 3 nitrogen and oxygen atoms in total. The SMILES string of the molecule is CC(C)CCC[C@@H](C)[C@H]1CC[C@H]2/C(=C/C=C3\C[C@@H](O)CC\C3=C/CCCC(=O)OC(C)(C)C)CCC[C@]12C. The van der Waals surface area contributed by atoms with Crippen molar-refractivity contribution in [3.8, 4) is 0 Å². The molecular weight excluding hydrogens is 468 g/mol. The minimum absolute atomic E-state index is 0.111. The van der Waals surface area contributed by atoms with Gasteiger partial charge in [0.1, 0.15) is 5.60 Å². The van der Waals surface area contributed by atoms with Gasteiger partial charge in [0.15, 0.2) is 0 Å². The lowest BCUT2D eigenvalue weighted by Gasteiger charge is -2.44. The number of hydrogen-bond acceptors (Lipinski definition) is 3. The van der Waals surface area contributed by atoms with E-state index in [9.17, 15) is 9.90 Å². The summed E-state index contributed by atoms with van der Waals surface area (Å²) in [6.45, 7) is 15.6. The highest BCUT2D eigenvalue weighted by Gasteiger charge is 2.50. The van der Waals surface area contributed by atoms with Crippen molar-refractivity contribution in [1.29, 1.82) is 0 Å². The Balaban J connectivity index is 1.65. The van der Waals surface area contributed by atoms with E-state index in [2.05, 4.69) is 45.9 Å². The summed E-state index contributed by atoms with van der Waals surface area (Å²) in [7, 11) is 0. The Bertz CT molecular complexity index is 870. The summed E-state index contributed by atoms with van der Waals surface area (Å²) in [6, 6.07) is 0. The molecule has 3 aliphatic carbocycles. The van der Waals surface area contributed by atoms with Gasteiger partial charge in [-0.2, -0.15) is 0 Å². The summed E-state index contributed by atoms with van der Waals surface area (Å²) in [4.78, 5) is 12.1. The van der Waals surface area contributed by atoms with E-state index in [1.165, 1.54) is 62.5 Å². The van der Waals surface area contributed by atoms with E-state index in [1.807, 2.05) is 20.8 Å². The minimum atomic E-state index is -0.418. The van der Waals surface area contributed by atoms with Crippen LogP contribution >= 0.6 is 0 Å². The van der Waals surface area contributed by atoms with E-state index < -0.39 is 5.60 Å². The molecule has 3 heteroatoms. The van der Waals surface area contributed by atoms with Gasteiger partial charge in [-0.25, -0.2) is 0 Å². The molecule has 3 rings (SSSR count). The average molecular weight is 527 g/mol. The lowest BCUT2D eigenvalue weighted by Crippen LogP contribution is -2.36. The first kappa shape index (κ1) is 31.2. The topological polar surface area (TPSA) is 46.5 Å². The molecule has 3 aliphatic rings. The number of aliphatic hydroxyl groups is 1. The number of rotatable bonds is 10. The second-order valence-electron chi connectivity index (χ2n) is 14.4. The highest BCUT2D eigenvalue weighted by atomic mass is 16.6. The third kappa shape index (κ3) is 8.83. The van der Waals surface area contributed by atoms with Crippen molar-refractivity contribution < 1.29 is 14.6 Å². The second kappa shape index (κ2) is 13.8. The number of hydrogen-bond donors (Lipinski definition) is 1. The lowest BCUT2D eigenvalue weighted by atomic mass is 9.60. The summed E-state index contributed by atoms with van der Waals surface area (Å²) in [5.74, 6) is 3.10. The van der Waals surface area contributed by atoms with Crippen molar-refractivity contribution in [3.05, 3.63) is 34.9 Å². The van der Waals surface area contributed by atoms with E-state index in [0.29, 0.717) is 11.8 Å². The Hall–Kier alpha value is -1.35. The van der Waals surface area contributed by atoms with Gasteiger partial charge in [0, 0.05) is 6.42 Å². The summed E-state index contributed by atoms with van der Waals surface area (Å²) >= 11 is 0. The molecule has 0 aromatic heterocycles. The first-order valence-corrected chi connectivity index (χ1v) is 15.9. The van der Waals surface area contributed by atoms with Crippen LogP contribution in [0.4, 0.5) is 0 Å². The maximum absolute atomic E-state index is 12.1. The summed E-state index contributed by atoms with van der Waals surface area (Å²) in [6.07, 6.45) is 22.3. The maximum atomic E-state index is 12.1. The zero-order valence-electron chi connectivity index (χ0n) is 25.8. The molecule has 5 atom stereocenters. The molecule has 0 saturated heterocycles. The molecular formula is C35H58O3. The zero-order valence-corrected chi connectivity index (χ0v) is 25.8. The van der Waals surface area contributed by atoms with Crippen molar-refractivity contribution in [2.45, 2.75) is 150 Å². The number of carbonyl (C=O) groups is 1. The molecule has 216 valence electrons. The van der Waals surface area contributed by atoms with Crippen LogP contribution in [0.1, 0.15) is 138 Å². The first-order valence-electron chi connectivity index (χ1n) is 15.9. The number of fused-ring (bicyclic) bond motifs is 1. The standard InChI is InChI=1S/C35H58O3/c1-25(2)12-10-13-26(3)31-21-22-32-28(15-11-23-35(31,32)7)17-18-29-24-30(36)20-19-27(29)14-8-9-16-33(37)38-34(4,5)6/h14,17-18,25-26,30-32,36H,8-13,15-16,19-24H2,1-7H3/b27-14+,28-17+,29-18+/t26-,30+,31-,32+,35-/m1/s1. The molecule has 0 heterocycles. The number of aliphatic hydroxyl groups excluding tert-OH is 1. The van der Waals surface area contributed by atoms with Gasteiger partial charge in [0.2, 0.25) is 0 Å². The normalized spacial score (nSPS) is 32.2. The number of allylic oxidation sites excluding steroid dienone is 5. The Morgan fingerprint density at radius 3 is 2.53 bits per heavy atom. The van der Waals surface area contributed by atoms with Gasteiger partial charge in [0.05, 0.1) is 6.10 Å². The van der Waals surface area contributed by atoms with Crippen LogP contribution in [0.25, 0.3) is 0 Å². The molecule has 0 aromatic carbocycles. The molecule has 0 radical (unpaired) electrons. The summed E-state index contributed by atoms with van der Waals surface area (Å²) in [5.41, 5.74) is 4.37. The highest BCUT2D eigenvalue weighted by Crippen LogP contribution is 2.60. The Morgan fingerprint density at radius 2 is 1.82 bits per heavy atom. The second-order valence-corrected chi connectivity index (χ2v) is 14.4. The van der Waals surface area contributed by atoms with Gasteiger partial charge in [-0.3, -0.25) is 4.79 Å². The molecule has 0 aliphatic heterocycles. The van der Waals surface area contributed by atoms with Gasteiger partial charge < -0.3 is 9.84 Å². The fourth-order valence-corrected chi connectivity index (χ4v) is 7.76. The van der Waals surface area contributed by atoms with Gasteiger partial charge in [-0.1, -0.05) is 70.8 Å². The van der Waals surface area contributed by atoms with Crippen molar-refractivity contribution >= 4 is 5.97 Å². The molecule has 0 spiro atoms. The zero-order chi connectivity index (χ0) is 27.9. The molecule has 0 bridgehead atoms. The number of ether oxygens (including phenoxy) is 1. The fourth-order valence-electron chi connectivity index (χ4n) is 7.76. The van der Waals surface area contributed by atoms with Gasteiger partial charge in [-0.05, 0) is 125 Å². The average Bonchev–Trinajstić information content (AvgIpc) is 3.17. The third-order valence-electron chi connectivity index (χ3n) is 9.68. The number of esters is 1. The lowest BCUT2D eigenvalue weighted by molar-refractivity contribution is -0.154. The molecule has 3 saturated carbocycles. The predicted molar refractivity (Wildman–Crippen MR) is 160 cm³/mol. The first-order chi connectivity index (χ1) is 17.9. The van der Waals surface area contributed by atoms with E-state index in [4.69, 9.17) is 4.74 Å². The Morgan fingerprint density at radius 1 is 1.05 bits per heavy atom. The number of unbranched alkanes of at least 4 members (excludes halogenated alkanes) is 1. The summed E-state index contributed by atoms with van der Waals surface area (Å²) in [5, 5.41) is 10.4. The monoisotopic (exact) mass is 526 g/mol. The Labute approximate surface area is 234 Å². The van der Waals surface area contributed by atoms with Gasteiger partial charge >= 0.3 is 5.97 Å². The van der Waals surface area contributed by atoms with Crippen LogP contribution in [-0.4, -0.2) is 22.8 Å². The van der Waals surface area contributed by atoms with Crippen molar-refractivity contribution in [3.63, 3.8) is 0 Å². The third-order valence-corrected chi connectivity index (χ3v) is 9.68. The molecule has 38 heavy (non-hydrogen) atoms. The van der Waals surface area contributed by atoms with Crippen LogP contribution in [0.15, 0.2) is 34.9 Å². The molecule has 0 amide bonds. The molecule has 1 N–H and O–H groups in total.